The van der Waals surface area contributed by atoms with E-state index in [-0.39, 0.29) is 0 Å². The van der Waals surface area contributed by atoms with Crippen LogP contribution in [-0.2, 0) is 0 Å². The van der Waals surface area contributed by atoms with Crippen molar-refractivity contribution in [2.24, 2.45) is 4.99 Å². The summed E-state index contributed by atoms with van der Waals surface area (Å²) in [5.41, 5.74) is 1.27. The molecule has 2 heteroatoms. The smallest absolute Gasteiger partial charge is 0.0431 e. The highest BCUT2D eigenvalue weighted by molar-refractivity contribution is 5.81. The molecule has 0 aliphatic carbocycles. The average Bonchev–Trinajstić information content (AvgIpc) is 2.13. The van der Waals surface area contributed by atoms with Crippen LogP contribution in [0.25, 0.3) is 0 Å². The van der Waals surface area contributed by atoms with Crippen LogP contribution in [0, 0.1) is 0 Å². The third-order valence-electron chi connectivity index (χ3n) is 2.09. The lowest BCUT2D eigenvalue weighted by molar-refractivity contribution is 0.285. The molecule has 0 bridgehead atoms. The van der Waals surface area contributed by atoms with Gasteiger partial charge in [0.1, 0.15) is 0 Å². The number of aliphatic hydroxyl groups is 1. The lowest BCUT2D eigenvalue weighted by atomic mass is 10.1. The Kier molecular flexibility index (Phi) is 9.44. The van der Waals surface area contributed by atoms with Crippen molar-refractivity contribution in [3.05, 3.63) is 0 Å². The minimum Gasteiger partial charge on any atom is -0.396 e. The monoisotopic (exact) mass is 185 g/mol. The Bertz CT molecular complexity index is 132. The second-order valence-electron chi connectivity index (χ2n) is 3.50. The topological polar surface area (TPSA) is 32.6 Å². The van der Waals surface area contributed by atoms with Crippen LogP contribution in [0.2, 0.25) is 0 Å². The van der Waals surface area contributed by atoms with Crippen molar-refractivity contribution >= 4 is 5.71 Å². The highest BCUT2D eigenvalue weighted by Crippen LogP contribution is 2.01. The van der Waals surface area contributed by atoms with Gasteiger partial charge in [0.05, 0.1) is 0 Å². The van der Waals surface area contributed by atoms with Gasteiger partial charge in [-0.3, -0.25) is 4.99 Å². The van der Waals surface area contributed by atoms with Gasteiger partial charge in [-0.25, -0.2) is 0 Å². The Morgan fingerprint density at radius 2 is 1.92 bits per heavy atom. The van der Waals surface area contributed by atoms with Crippen LogP contribution in [0.1, 0.15) is 52.4 Å². The number of hydrogen-bond acceptors (Lipinski definition) is 2. The maximum Gasteiger partial charge on any atom is 0.0431 e. The summed E-state index contributed by atoms with van der Waals surface area (Å²) in [5, 5.41) is 8.56. The van der Waals surface area contributed by atoms with Gasteiger partial charge in [0.25, 0.3) is 0 Å². The predicted molar refractivity (Wildman–Crippen MR) is 58.4 cm³/mol. The minimum absolute atomic E-state index is 0.296. The number of aliphatic hydroxyl groups excluding tert-OH is 1. The maximum atomic E-state index is 8.56. The Balaban J connectivity index is 3.29. The molecule has 0 aliphatic rings. The predicted octanol–water partition coefficient (Wildman–Crippen LogP) is 2.80. The zero-order valence-corrected chi connectivity index (χ0v) is 9.05. The molecule has 0 rings (SSSR count). The lowest BCUT2D eigenvalue weighted by Crippen LogP contribution is -1.94. The number of unbranched alkanes of at least 4 members (excludes halogenated alkanes) is 3. The van der Waals surface area contributed by atoms with Gasteiger partial charge in [-0.15, -0.1) is 0 Å². The van der Waals surface area contributed by atoms with Crippen molar-refractivity contribution < 1.29 is 5.11 Å². The summed E-state index contributed by atoms with van der Waals surface area (Å²) in [4.78, 5) is 4.44. The first-order chi connectivity index (χ1) is 6.31. The Hall–Kier alpha value is -0.370. The summed E-state index contributed by atoms with van der Waals surface area (Å²) < 4.78 is 0. The van der Waals surface area contributed by atoms with Crippen molar-refractivity contribution in [1.82, 2.24) is 0 Å². The standard InChI is InChI=1S/C11H23NO/c1-3-4-5-8-11(2)12-9-6-7-10-13/h13H,3-10H2,1-2H3. The molecule has 0 aromatic rings. The molecule has 0 fully saturated rings. The third-order valence-corrected chi connectivity index (χ3v) is 2.09. The van der Waals surface area contributed by atoms with Gasteiger partial charge in [0.15, 0.2) is 0 Å². The quantitative estimate of drug-likeness (QED) is 0.458. The Morgan fingerprint density at radius 3 is 2.54 bits per heavy atom. The molecular weight excluding hydrogens is 162 g/mol. The SMILES string of the molecule is CCCCCC(C)=NCCCCO. The Labute approximate surface area is 82.1 Å². The highest BCUT2D eigenvalue weighted by atomic mass is 16.2. The van der Waals surface area contributed by atoms with E-state index < -0.39 is 0 Å². The molecule has 0 spiro atoms. The molecule has 0 unspecified atom stereocenters. The fourth-order valence-corrected chi connectivity index (χ4v) is 1.20. The van der Waals surface area contributed by atoms with Crippen molar-refractivity contribution in [3.63, 3.8) is 0 Å². The fraction of sp³-hybridized carbons (Fsp3) is 0.909. The van der Waals surface area contributed by atoms with E-state index in [0.29, 0.717) is 6.61 Å². The summed E-state index contributed by atoms with van der Waals surface area (Å²) in [6.45, 7) is 5.51. The fourth-order valence-electron chi connectivity index (χ4n) is 1.20. The molecule has 0 saturated carbocycles. The average molecular weight is 185 g/mol. The zero-order chi connectivity index (χ0) is 9.94. The number of hydrogen-bond donors (Lipinski definition) is 1. The van der Waals surface area contributed by atoms with Gasteiger partial charge >= 0.3 is 0 Å². The van der Waals surface area contributed by atoms with Crippen molar-refractivity contribution in [2.75, 3.05) is 13.2 Å². The van der Waals surface area contributed by atoms with E-state index in [1.165, 1.54) is 25.0 Å². The molecule has 0 radical (unpaired) electrons. The second kappa shape index (κ2) is 9.72. The van der Waals surface area contributed by atoms with E-state index in [9.17, 15) is 0 Å². The maximum absolute atomic E-state index is 8.56. The lowest BCUT2D eigenvalue weighted by Gasteiger charge is -1.99. The molecule has 78 valence electrons. The van der Waals surface area contributed by atoms with Crippen LogP contribution in [-0.4, -0.2) is 24.0 Å². The molecule has 0 aliphatic heterocycles. The molecule has 0 saturated heterocycles. The van der Waals surface area contributed by atoms with Gasteiger partial charge in [0.2, 0.25) is 0 Å². The van der Waals surface area contributed by atoms with E-state index in [1.54, 1.807) is 0 Å². The first-order valence-electron chi connectivity index (χ1n) is 5.42. The molecule has 13 heavy (non-hydrogen) atoms. The van der Waals surface area contributed by atoms with E-state index in [0.717, 1.165) is 25.8 Å². The molecule has 0 heterocycles. The van der Waals surface area contributed by atoms with Crippen LogP contribution < -0.4 is 0 Å². The molecule has 0 atom stereocenters. The van der Waals surface area contributed by atoms with Crippen LogP contribution in [0.5, 0.6) is 0 Å². The summed E-state index contributed by atoms with van der Waals surface area (Å²) in [7, 11) is 0. The van der Waals surface area contributed by atoms with Crippen LogP contribution >= 0.6 is 0 Å². The summed E-state index contributed by atoms with van der Waals surface area (Å²) >= 11 is 0. The molecule has 0 amide bonds. The number of rotatable bonds is 8. The van der Waals surface area contributed by atoms with Crippen molar-refractivity contribution in [1.29, 1.82) is 0 Å². The Morgan fingerprint density at radius 1 is 1.15 bits per heavy atom. The molecule has 2 nitrogen and oxygen atoms in total. The van der Waals surface area contributed by atoms with Gasteiger partial charge in [-0.1, -0.05) is 19.8 Å². The normalized spacial score (nSPS) is 12.1. The van der Waals surface area contributed by atoms with Gasteiger partial charge < -0.3 is 5.11 Å². The molecule has 0 aromatic carbocycles. The van der Waals surface area contributed by atoms with Crippen LogP contribution in [0.15, 0.2) is 4.99 Å². The number of nitrogens with zero attached hydrogens (tertiary/aromatic N) is 1. The van der Waals surface area contributed by atoms with E-state index in [2.05, 4.69) is 18.8 Å². The van der Waals surface area contributed by atoms with Crippen LogP contribution in [0.3, 0.4) is 0 Å². The molecular formula is C11H23NO. The first kappa shape index (κ1) is 12.6. The van der Waals surface area contributed by atoms with Crippen LogP contribution in [0.4, 0.5) is 0 Å². The highest BCUT2D eigenvalue weighted by Gasteiger charge is 1.91. The van der Waals surface area contributed by atoms with E-state index in [4.69, 9.17) is 5.11 Å². The summed E-state index contributed by atoms with van der Waals surface area (Å²) in [5.74, 6) is 0. The second-order valence-corrected chi connectivity index (χ2v) is 3.50. The molecule has 1 N–H and O–H groups in total. The van der Waals surface area contributed by atoms with E-state index in [1.807, 2.05) is 0 Å². The largest absolute Gasteiger partial charge is 0.396 e. The zero-order valence-electron chi connectivity index (χ0n) is 9.05. The van der Waals surface area contributed by atoms with Gasteiger partial charge in [-0.2, -0.15) is 0 Å². The van der Waals surface area contributed by atoms with Crippen molar-refractivity contribution in [3.8, 4) is 0 Å². The number of aliphatic imine (C=N–C) groups is 1. The van der Waals surface area contributed by atoms with Gasteiger partial charge in [-0.05, 0) is 32.6 Å². The van der Waals surface area contributed by atoms with E-state index >= 15 is 0 Å². The van der Waals surface area contributed by atoms with Crippen molar-refractivity contribution in [2.45, 2.75) is 52.4 Å². The summed E-state index contributed by atoms with van der Waals surface area (Å²) in [6, 6.07) is 0. The minimum atomic E-state index is 0.296. The van der Waals surface area contributed by atoms with Gasteiger partial charge in [0, 0.05) is 18.9 Å². The summed E-state index contributed by atoms with van der Waals surface area (Å²) in [6.07, 6.45) is 6.90. The first-order valence-corrected chi connectivity index (χ1v) is 5.42. The third kappa shape index (κ3) is 9.54. The molecule has 0 aromatic heterocycles.